The van der Waals surface area contributed by atoms with Gasteiger partial charge in [-0.3, -0.25) is 0 Å². The van der Waals surface area contributed by atoms with Gasteiger partial charge < -0.3 is 10.2 Å². The van der Waals surface area contributed by atoms with Crippen molar-refractivity contribution in [2.45, 2.75) is 52.1 Å². The van der Waals surface area contributed by atoms with Crippen molar-refractivity contribution in [2.24, 2.45) is 0 Å². The Morgan fingerprint density at radius 1 is 1.32 bits per heavy atom. The SMILES string of the molecule is CCCN1CCC(N[C@@H](C)c2cccc(C)c2)CC1. The molecule has 0 radical (unpaired) electrons. The molecule has 1 aromatic rings. The third kappa shape index (κ3) is 4.32. The Kier molecular flexibility index (Phi) is 5.41. The minimum absolute atomic E-state index is 0.461. The highest BCUT2D eigenvalue weighted by Crippen LogP contribution is 2.18. The second-order valence-electron chi connectivity index (χ2n) is 5.92. The van der Waals surface area contributed by atoms with Gasteiger partial charge >= 0.3 is 0 Å². The molecule has 1 aromatic carbocycles. The summed E-state index contributed by atoms with van der Waals surface area (Å²) >= 11 is 0. The summed E-state index contributed by atoms with van der Waals surface area (Å²) in [6.07, 6.45) is 3.85. The molecule has 0 aliphatic carbocycles. The van der Waals surface area contributed by atoms with Crippen LogP contribution in [0.2, 0.25) is 0 Å². The second kappa shape index (κ2) is 7.06. The van der Waals surface area contributed by atoms with Crippen LogP contribution in [-0.2, 0) is 0 Å². The lowest BCUT2D eigenvalue weighted by Gasteiger charge is -2.33. The lowest BCUT2D eigenvalue weighted by atomic mass is 10.0. The molecule has 0 saturated carbocycles. The van der Waals surface area contributed by atoms with E-state index < -0.39 is 0 Å². The molecule has 1 saturated heterocycles. The molecule has 0 amide bonds. The van der Waals surface area contributed by atoms with Crippen LogP contribution in [0.15, 0.2) is 24.3 Å². The Labute approximate surface area is 118 Å². The highest BCUT2D eigenvalue weighted by Gasteiger charge is 2.20. The van der Waals surface area contributed by atoms with Crippen LogP contribution in [0.25, 0.3) is 0 Å². The molecule has 1 atom stereocenters. The van der Waals surface area contributed by atoms with Gasteiger partial charge in [-0.2, -0.15) is 0 Å². The van der Waals surface area contributed by atoms with E-state index >= 15 is 0 Å². The van der Waals surface area contributed by atoms with Gasteiger partial charge in [-0.1, -0.05) is 36.8 Å². The lowest BCUT2D eigenvalue weighted by molar-refractivity contribution is 0.192. The number of benzene rings is 1. The van der Waals surface area contributed by atoms with Gasteiger partial charge in [0.25, 0.3) is 0 Å². The fourth-order valence-corrected chi connectivity index (χ4v) is 3.03. The number of rotatable bonds is 5. The van der Waals surface area contributed by atoms with Gasteiger partial charge in [0.05, 0.1) is 0 Å². The first-order valence-electron chi connectivity index (χ1n) is 7.74. The van der Waals surface area contributed by atoms with E-state index in [1.54, 1.807) is 0 Å². The van der Waals surface area contributed by atoms with Crippen molar-refractivity contribution in [1.29, 1.82) is 0 Å². The Morgan fingerprint density at radius 3 is 2.68 bits per heavy atom. The van der Waals surface area contributed by atoms with E-state index in [1.807, 2.05) is 0 Å². The average molecular weight is 260 g/mol. The summed E-state index contributed by atoms with van der Waals surface area (Å²) in [5.41, 5.74) is 2.76. The molecule has 0 aromatic heterocycles. The summed E-state index contributed by atoms with van der Waals surface area (Å²) < 4.78 is 0. The first-order valence-corrected chi connectivity index (χ1v) is 7.74. The van der Waals surface area contributed by atoms with Gasteiger partial charge in [-0.05, 0) is 58.3 Å². The number of hydrogen-bond acceptors (Lipinski definition) is 2. The van der Waals surface area contributed by atoms with Crippen LogP contribution >= 0.6 is 0 Å². The zero-order chi connectivity index (χ0) is 13.7. The molecule has 1 heterocycles. The molecule has 2 heteroatoms. The van der Waals surface area contributed by atoms with E-state index in [9.17, 15) is 0 Å². The van der Waals surface area contributed by atoms with Gasteiger partial charge in [-0.15, -0.1) is 0 Å². The Morgan fingerprint density at radius 2 is 2.05 bits per heavy atom. The van der Waals surface area contributed by atoms with Crippen molar-refractivity contribution in [3.8, 4) is 0 Å². The highest BCUT2D eigenvalue weighted by molar-refractivity contribution is 5.24. The molecule has 2 nitrogen and oxygen atoms in total. The van der Waals surface area contributed by atoms with Crippen molar-refractivity contribution in [2.75, 3.05) is 19.6 Å². The van der Waals surface area contributed by atoms with Crippen LogP contribution < -0.4 is 5.32 Å². The standard InChI is InChI=1S/C17H28N2/c1-4-10-19-11-8-17(9-12-19)18-15(3)16-7-5-6-14(2)13-16/h5-7,13,15,17-18H,4,8-12H2,1-3H3/t15-/m0/s1. The molecule has 106 valence electrons. The van der Waals surface area contributed by atoms with E-state index in [-0.39, 0.29) is 0 Å². The zero-order valence-electron chi connectivity index (χ0n) is 12.7. The number of nitrogens with zero attached hydrogens (tertiary/aromatic N) is 1. The fraction of sp³-hybridized carbons (Fsp3) is 0.647. The van der Waals surface area contributed by atoms with E-state index in [1.165, 1.54) is 50.0 Å². The number of hydrogen-bond donors (Lipinski definition) is 1. The molecule has 0 unspecified atom stereocenters. The van der Waals surface area contributed by atoms with Crippen molar-refractivity contribution in [3.63, 3.8) is 0 Å². The number of aryl methyl sites for hydroxylation is 1. The smallest absolute Gasteiger partial charge is 0.0294 e. The summed E-state index contributed by atoms with van der Waals surface area (Å²) in [5, 5.41) is 3.80. The summed E-state index contributed by atoms with van der Waals surface area (Å²) in [6.45, 7) is 10.5. The van der Waals surface area contributed by atoms with E-state index in [2.05, 4.69) is 55.3 Å². The maximum atomic E-state index is 3.80. The third-order valence-corrected chi connectivity index (χ3v) is 4.16. The molecule has 1 aliphatic heterocycles. The normalized spacial score (nSPS) is 19.5. The molecule has 1 fully saturated rings. The molecular formula is C17H28N2. The second-order valence-corrected chi connectivity index (χ2v) is 5.92. The van der Waals surface area contributed by atoms with E-state index in [0.717, 1.165) is 0 Å². The van der Waals surface area contributed by atoms with Crippen molar-refractivity contribution < 1.29 is 0 Å². The highest BCUT2D eigenvalue weighted by atomic mass is 15.1. The van der Waals surface area contributed by atoms with Crippen LogP contribution in [0.3, 0.4) is 0 Å². The molecule has 0 bridgehead atoms. The van der Waals surface area contributed by atoms with Crippen LogP contribution in [0.1, 0.15) is 50.3 Å². The maximum Gasteiger partial charge on any atom is 0.0294 e. The van der Waals surface area contributed by atoms with Gasteiger partial charge in [0.1, 0.15) is 0 Å². The monoisotopic (exact) mass is 260 g/mol. The lowest BCUT2D eigenvalue weighted by Crippen LogP contribution is -2.43. The topological polar surface area (TPSA) is 15.3 Å². The first-order chi connectivity index (χ1) is 9.19. The van der Waals surface area contributed by atoms with Crippen LogP contribution in [-0.4, -0.2) is 30.6 Å². The predicted octanol–water partition coefficient (Wildman–Crippen LogP) is 3.52. The first kappa shape index (κ1) is 14.5. The summed E-state index contributed by atoms with van der Waals surface area (Å²) in [6, 6.07) is 10.00. The molecule has 1 aliphatic rings. The minimum atomic E-state index is 0.461. The van der Waals surface area contributed by atoms with Crippen LogP contribution in [0, 0.1) is 6.92 Å². The molecular weight excluding hydrogens is 232 g/mol. The third-order valence-electron chi connectivity index (χ3n) is 4.16. The molecule has 2 rings (SSSR count). The van der Waals surface area contributed by atoms with Gasteiger partial charge in [0, 0.05) is 12.1 Å². The van der Waals surface area contributed by atoms with Crippen molar-refractivity contribution in [3.05, 3.63) is 35.4 Å². The largest absolute Gasteiger partial charge is 0.307 e. The zero-order valence-corrected chi connectivity index (χ0v) is 12.7. The minimum Gasteiger partial charge on any atom is -0.307 e. The Hall–Kier alpha value is -0.860. The Balaban J connectivity index is 1.82. The van der Waals surface area contributed by atoms with E-state index in [4.69, 9.17) is 0 Å². The average Bonchev–Trinajstić information content (AvgIpc) is 2.41. The van der Waals surface area contributed by atoms with Crippen LogP contribution in [0.4, 0.5) is 0 Å². The van der Waals surface area contributed by atoms with E-state index in [0.29, 0.717) is 12.1 Å². The molecule has 0 spiro atoms. The fourth-order valence-electron chi connectivity index (χ4n) is 3.03. The van der Waals surface area contributed by atoms with Crippen LogP contribution in [0.5, 0.6) is 0 Å². The predicted molar refractivity (Wildman–Crippen MR) is 82.5 cm³/mol. The summed E-state index contributed by atoms with van der Waals surface area (Å²) in [5.74, 6) is 0. The van der Waals surface area contributed by atoms with Gasteiger partial charge in [-0.25, -0.2) is 0 Å². The summed E-state index contributed by atoms with van der Waals surface area (Å²) in [4.78, 5) is 2.59. The number of nitrogens with one attached hydrogen (secondary N) is 1. The van der Waals surface area contributed by atoms with Gasteiger partial charge in [0.2, 0.25) is 0 Å². The number of likely N-dealkylation sites (tertiary alicyclic amines) is 1. The Bertz CT molecular complexity index is 381. The summed E-state index contributed by atoms with van der Waals surface area (Å²) in [7, 11) is 0. The number of piperidine rings is 1. The quantitative estimate of drug-likeness (QED) is 0.871. The molecule has 19 heavy (non-hydrogen) atoms. The van der Waals surface area contributed by atoms with Gasteiger partial charge in [0.15, 0.2) is 0 Å². The molecule has 1 N–H and O–H groups in total. The van der Waals surface area contributed by atoms with Crippen molar-refractivity contribution >= 4 is 0 Å². The maximum absolute atomic E-state index is 3.80. The van der Waals surface area contributed by atoms with Crippen molar-refractivity contribution in [1.82, 2.24) is 10.2 Å².